The van der Waals surface area contributed by atoms with Crippen molar-refractivity contribution in [2.24, 2.45) is 0 Å². The number of amides is 1. The third-order valence-electron chi connectivity index (χ3n) is 3.60. The lowest BCUT2D eigenvalue weighted by Gasteiger charge is -2.23. The highest BCUT2D eigenvalue weighted by molar-refractivity contribution is 5.85. The minimum absolute atomic E-state index is 0. The summed E-state index contributed by atoms with van der Waals surface area (Å²) in [5.74, 6) is 1.05. The van der Waals surface area contributed by atoms with Crippen LogP contribution in [-0.4, -0.2) is 31.6 Å². The van der Waals surface area contributed by atoms with Crippen molar-refractivity contribution in [2.75, 3.05) is 19.7 Å². The molecule has 1 saturated heterocycles. The van der Waals surface area contributed by atoms with Crippen molar-refractivity contribution in [3.63, 3.8) is 0 Å². The fourth-order valence-corrected chi connectivity index (χ4v) is 2.40. The van der Waals surface area contributed by atoms with E-state index in [-0.39, 0.29) is 18.3 Å². The first-order chi connectivity index (χ1) is 9.75. The van der Waals surface area contributed by atoms with Crippen LogP contribution >= 0.6 is 12.4 Å². The molecule has 4 nitrogen and oxygen atoms in total. The molecule has 21 heavy (non-hydrogen) atoms. The van der Waals surface area contributed by atoms with E-state index in [1.54, 1.807) is 0 Å². The molecule has 1 heterocycles. The number of para-hydroxylation sites is 1. The zero-order valence-electron chi connectivity index (χ0n) is 12.6. The Balaban J connectivity index is 0.00000220. The van der Waals surface area contributed by atoms with Crippen LogP contribution in [0.1, 0.15) is 31.2 Å². The Kier molecular flexibility index (Phi) is 8.16. The normalized spacial score (nSPS) is 15.1. The Hall–Kier alpha value is -1.26. The summed E-state index contributed by atoms with van der Waals surface area (Å²) in [4.78, 5) is 11.8. The number of aryl methyl sites for hydroxylation is 1. The number of halogens is 1. The minimum atomic E-state index is 0. The van der Waals surface area contributed by atoms with E-state index in [1.807, 2.05) is 31.2 Å². The van der Waals surface area contributed by atoms with E-state index in [2.05, 4.69) is 10.6 Å². The van der Waals surface area contributed by atoms with Crippen molar-refractivity contribution >= 4 is 18.3 Å². The summed E-state index contributed by atoms with van der Waals surface area (Å²) in [7, 11) is 0. The average Bonchev–Trinajstić information content (AvgIpc) is 2.46. The third-order valence-corrected chi connectivity index (χ3v) is 3.60. The van der Waals surface area contributed by atoms with Crippen LogP contribution in [0.25, 0.3) is 0 Å². The molecule has 2 rings (SSSR count). The van der Waals surface area contributed by atoms with Crippen LogP contribution in [0.3, 0.4) is 0 Å². The monoisotopic (exact) mass is 312 g/mol. The van der Waals surface area contributed by atoms with Gasteiger partial charge in [-0.05, 0) is 50.9 Å². The summed E-state index contributed by atoms with van der Waals surface area (Å²) in [5, 5.41) is 6.39. The van der Waals surface area contributed by atoms with Gasteiger partial charge in [0.25, 0.3) is 0 Å². The molecular formula is C16H25ClN2O2. The SMILES string of the molecule is Cc1ccccc1OCCCC(=O)NC1CCNCC1.Cl. The fourth-order valence-electron chi connectivity index (χ4n) is 2.40. The predicted octanol–water partition coefficient (Wildman–Crippen LogP) is 2.44. The number of carbonyl (C=O) groups excluding carboxylic acids is 1. The van der Waals surface area contributed by atoms with Crippen LogP contribution in [0.15, 0.2) is 24.3 Å². The molecule has 1 aromatic carbocycles. The molecule has 1 aliphatic rings. The quantitative estimate of drug-likeness (QED) is 0.793. The maximum atomic E-state index is 11.8. The summed E-state index contributed by atoms with van der Waals surface area (Å²) in [5.41, 5.74) is 1.13. The predicted molar refractivity (Wildman–Crippen MR) is 87.2 cm³/mol. The highest BCUT2D eigenvalue weighted by Gasteiger charge is 2.14. The van der Waals surface area contributed by atoms with Gasteiger partial charge in [0, 0.05) is 12.5 Å². The van der Waals surface area contributed by atoms with Crippen molar-refractivity contribution in [2.45, 2.75) is 38.6 Å². The molecule has 0 atom stereocenters. The van der Waals surface area contributed by atoms with Gasteiger partial charge in [-0.2, -0.15) is 0 Å². The smallest absolute Gasteiger partial charge is 0.220 e. The molecular weight excluding hydrogens is 288 g/mol. The number of hydrogen-bond acceptors (Lipinski definition) is 3. The molecule has 0 radical (unpaired) electrons. The number of benzene rings is 1. The third kappa shape index (κ3) is 6.36. The number of piperidine rings is 1. The topological polar surface area (TPSA) is 50.4 Å². The second kappa shape index (κ2) is 9.64. The lowest BCUT2D eigenvalue weighted by Crippen LogP contribution is -2.42. The van der Waals surface area contributed by atoms with Crippen molar-refractivity contribution < 1.29 is 9.53 Å². The molecule has 118 valence electrons. The number of nitrogens with one attached hydrogen (secondary N) is 2. The Morgan fingerprint density at radius 2 is 2.05 bits per heavy atom. The van der Waals surface area contributed by atoms with E-state index in [4.69, 9.17) is 4.74 Å². The van der Waals surface area contributed by atoms with E-state index < -0.39 is 0 Å². The first-order valence-electron chi connectivity index (χ1n) is 7.44. The van der Waals surface area contributed by atoms with E-state index in [0.29, 0.717) is 19.1 Å². The maximum Gasteiger partial charge on any atom is 0.220 e. The Labute approximate surface area is 133 Å². The molecule has 1 fully saturated rings. The molecule has 0 unspecified atom stereocenters. The zero-order chi connectivity index (χ0) is 14.2. The van der Waals surface area contributed by atoms with Gasteiger partial charge in [0.15, 0.2) is 0 Å². The summed E-state index contributed by atoms with van der Waals surface area (Å²) in [6, 6.07) is 8.30. The first-order valence-corrected chi connectivity index (χ1v) is 7.44. The zero-order valence-corrected chi connectivity index (χ0v) is 13.4. The number of ether oxygens (including phenoxy) is 1. The van der Waals surface area contributed by atoms with E-state index in [9.17, 15) is 4.79 Å². The Morgan fingerprint density at radius 3 is 2.76 bits per heavy atom. The molecule has 0 aliphatic carbocycles. The summed E-state index contributed by atoms with van der Waals surface area (Å²) in [6.45, 7) is 4.62. The Bertz CT molecular complexity index is 434. The van der Waals surface area contributed by atoms with Crippen molar-refractivity contribution in [3.8, 4) is 5.75 Å². The van der Waals surface area contributed by atoms with Crippen LogP contribution < -0.4 is 15.4 Å². The van der Waals surface area contributed by atoms with E-state index in [0.717, 1.165) is 43.7 Å². The molecule has 0 bridgehead atoms. The largest absolute Gasteiger partial charge is 0.493 e. The molecule has 2 N–H and O–H groups in total. The second-order valence-electron chi connectivity index (χ2n) is 5.31. The summed E-state index contributed by atoms with van der Waals surface area (Å²) in [6.07, 6.45) is 3.36. The molecule has 0 spiro atoms. The van der Waals surface area contributed by atoms with Crippen LogP contribution in [0, 0.1) is 6.92 Å². The highest BCUT2D eigenvalue weighted by atomic mass is 35.5. The minimum Gasteiger partial charge on any atom is -0.493 e. The molecule has 0 saturated carbocycles. The van der Waals surface area contributed by atoms with Gasteiger partial charge in [0.1, 0.15) is 5.75 Å². The van der Waals surface area contributed by atoms with Crippen LogP contribution in [0.2, 0.25) is 0 Å². The van der Waals surface area contributed by atoms with Crippen LogP contribution in [0.4, 0.5) is 0 Å². The van der Waals surface area contributed by atoms with Gasteiger partial charge in [-0.15, -0.1) is 12.4 Å². The molecule has 1 amide bonds. The lowest BCUT2D eigenvalue weighted by atomic mass is 10.1. The van der Waals surface area contributed by atoms with Gasteiger partial charge in [0.2, 0.25) is 5.91 Å². The number of rotatable bonds is 6. The van der Waals surface area contributed by atoms with Crippen LogP contribution in [0.5, 0.6) is 5.75 Å². The van der Waals surface area contributed by atoms with Gasteiger partial charge >= 0.3 is 0 Å². The summed E-state index contributed by atoms with van der Waals surface area (Å²) < 4.78 is 5.69. The van der Waals surface area contributed by atoms with Crippen molar-refractivity contribution in [1.82, 2.24) is 10.6 Å². The Morgan fingerprint density at radius 1 is 1.33 bits per heavy atom. The molecule has 1 aliphatic heterocycles. The van der Waals surface area contributed by atoms with Gasteiger partial charge in [-0.1, -0.05) is 18.2 Å². The summed E-state index contributed by atoms with van der Waals surface area (Å²) >= 11 is 0. The lowest BCUT2D eigenvalue weighted by molar-refractivity contribution is -0.122. The van der Waals surface area contributed by atoms with Gasteiger partial charge in [0.05, 0.1) is 6.61 Å². The van der Waals surface area contributed by atoms with Gasteiger partial charge in [-0.25, -0.2) is 0 Å². The van der Waals surface area contributed by atoms with E-state index in [1.165, 1.54) is 0 Å². The van der Waals surface area contributed by atoms with Gasteiger partial charge in [-0.3, -0.25) is 4.79 Å². The van der Waals surface area contributed by atoms with Crippen molar-refractivity contribution in [3.05, 3.63) is 29.8 Å². The van der Waals surface area contributed by atoms with Crippen LogP contribution in [-0.2, 0) is 4.79 Å². The van der Waals surface area contributed by atoms with E-state index >= 15 is 0 Å². The van der Waals surface area contributed by atoms with Crippen molar-refractivity contribution in [1.29, 1.82) is 0 Å². The van der Waals surface area contributed by atoms with Gasteiger partial charge < -0.3 is 15.4 Å². The standard InChI is InChI=1S/C16H24N2O2.ClH/c1-13-5-2-3-6-15(13)20-12-4-7-16(19)18-14-8-10-17-11-9-14;/h2-3,5-6,14,17H,4,7-12H2,1H3,(H,18,19);1H. The first kappa shape index (κ1) is 17.8. The molecule has 5 heteroatoms. The maximum absolute atomic E-state index is 11.8. The average molecular weight is 313 g/mol. The second-order valence-corrected chi connectivity index (χ2v) is 5.31. The molecule has 0 aromatic heterocycles. The number of carbonyl (C=O) groups is 1. The fraction of sp³-hybridized carbons (Fsp3) is 0.562. The molecule has 1 aromatic rings. The number of hydrogen-bond donors (Lipinski definition) is 2. The highest BCUT2D eigenvalue weighted by Crippen LogP contribution is 2.16.